The van der Waals surface area contributed by atoms with Crippen LogP contribution in [0.4, 0.5) is 0 Å². The highest BCUT2D eigenvalue weighted by atomic mass is 15.0. The van der Waals surface area contributed by atoms with E-state index in [1.165, 1.54) is 19.4 Å². The van der Waals surface area contributed by atoms with Gasteiger partial charge in [-0.3, -0.25) is 0 Å². The zero-order valence-electron chi connectivity index (χ0n) is 5.35. The zero-order valence-corrected chi connectivity index (χ0v) is 5.35. The maximum Gasteiger partial charge on any atom is 0.00985 e. The minimum Gasteiger partial charge on any atom is -0.313 e. The molecule has 2 fully saturated rings. The molecule has 0 radical (unpaired) electrons. The second-order valence-corrected chi connectivity index (χ2v) is 3.23. The van der Waals surface area contributed by atoms with Gasteiger partial charge in [-0.15, -0.1) is 0 Å². The summed E-state index contributed by atoms with van der Waals surface area (Å²) in [5.74, 6) is 2.02. The summed E-state index contributed by atoms with van der Waals surface area (Å²) < 4.78 is 0. The minimum absolute atomic E-state index is 0.921. The standard InChI is InChI=1S/C7H13N/c1-5-4-8-7-3-2-6(5)7/h5-8H,2-4H2,1H3/t5-,6?,7?/m1/s1. The third-order valence-electron chi connectivity index (χ3n) is 2.76. The van der Waals surface area contributed by atoms with Gasteiger partial charge < -0.3 is 5.32 Å². The molecule has 1 saturated heterocycles. The number of hydrogen-bond donors (Lipinski definition) is 1. The van der Waals surface area contributed by atoms with Crippen molar-refractivity contribution in [2.75, 3.05) is 6.54 Å². The summed E-state index contributed by atoms with van der Waals surface area (Å²) in [6.07, 6.45) is 2.92. The van der Waals surface area contributed by atoms with Gasteiger partial charge in [0, 0.05) is 6.04 Å². The van der Waals surface area contributed by atoms with Crippen LogP contribution < -0.4 is 5.32 Å². The Morgan fingerprint density at radius 2 is 2.25 bits per heavy atom. The number of hydrogen-bond acceptors (Lipinski definition) is 1. The molecule has 1 aliphatic carbocycles. The van der Waals surface area contributed by atoms with Crippen molar-refractivity contribution >= 4 is 0 Å². The third-order valence-corrected chi connectivity index (χ3v) is 2.76. The minimum atomic E-state index is 0.921. The van der Waals surface area contributed by atoms with Crippen LogP contribution in [0.25, 0.3) is 0 Å². The maximum atomic E-state index is 3.51. The molecule has 2 unspecified atom stereocenters. The molecular weight excluding hydrogens is 98.1 g/mol. The van der Waals surface area contributed by atoms with E-state index < -0.39 is 0 Å². The van der Waals surface area contributed by atoms with E-state index in [1.54, 1.807) is 0 Å². The van der Waals surface area contributed by atoms with Crippen LogP contribution in [0.15, 0.2) is 0 Å². The lowest BCUT2D eigenvalue weighted by Gasteiger charge is -2.31. The number of rotatable bonds is 0. The Labute approximate surface area is 50.5 Å². The van der Waals surface area contributed by atoms with Crippen molar-refractivity contribution in [1.82, 2.24) is 5.32 Å². The number of nitrogens with one attached hydrogen (secondary N) is 1. The molecule has 1 nitrogen and oxygen atoms in total. The van der Waals surface area contributed by atoms with Crippen LogP contribution in [0.3, 0.4) is 0 Å². The van der Waals surface area contributed by atoms with Crippen molar-refractivity contribution in [3.05, 3.63) is 0 Å². The summed E-state index contributed by atoms with van der Waals surface area (Å²) in [4.78, 5) is 0. The Balaban J connectivity index is 2.05. The molecule has 8 heavy (non-hydrogen) atoms. The summed E-state index contributed by atoms with van der Waals surface area (Å²) >= 11 is 0. The van der Waals surface area contributed by atoms with E-state index in [1.807, 2.05) is 0 Å². The lowest BCUT2D eigenvalue weighted by atomic mass is 9.76. The summed E-state index contributed by atoms with van der Waals surface area (Å²) in [6, 6.07) is 0.921. The molecule has 1 N–H and O–H groups in total. The van der Waals surface area contributed by atoms with Gasteiger partial charge in [-0.25, -0.2) is 0 Å². The predicted octanol–water partition coefficient (Wildman–Crippen LogP) is 1.00. The quantitative estimate of drug-likeness (QED) is 0.492. The molecule has 0 spiro atoms. The Kier molecular flexibility index (Phi) is 0.884. The molecular formula is C7H13N. The highest BCUT2D eigenvalue weighted by molar-refractivity contribution is 4.95. The largest absolute Gasteiger partial charge is 0.313 e. The van der Waals surface area contributed by atoms with Gasteiger partial charge in [-0.2, -0.15) is 0 Å². The van der Waals surface area contributed by atoms with Crippen LogP contribution in [0.5, 0.6) is 0 Å². The Morgan fingerprint density at radius 3 is 2.50 bits per heavy atom. The maximum absolute atomic E-state index is 3.51. The molecule has 0 aromatic heterocycles. The van der Waals surface area contributed by atoms with Crippen LogP contribution in [-0.4, -0.2) is 12.6 Å². The molecule has 0 bridgehead atoms. The summed E-state index contributed by atoms with van der Waals surface area (Å²) in [5, 5.41) is 3.51. The Morgan fingerprint density at radius 1 is 1.38 bits per heavy atom. The molecule has 0 amide bonds. The Bertz CT molecular complexity index is 94.6. The van der Waals surface area contributed by atoms with Crippen molar-refractivity contribution in [3.63, 3.8) is 0 Å². The average molecular weight is 111 g/mol. The molecule has 1 heterocycles. The third kappa shape index (κ3) is 0.455. The van der Waals surface area contributed by atoms with Gasteiger partial charge in [0.05, 0.1) is 0 Å². The van der Waals surface area contributed by atoms with Crippen LogP contribution in [0.1, 0.15) is 19.8 Å². The van der Waals surface area contributed by atoms with E-state index >= 15 is 0 Å². The predicted molar refractivity (Wildman–Crippen MR) is 33.7 cm³/mol. The van der Waals surface area contributed by atoms with E-state index in [4.69, 9.17) is 0 Å². The van der Waals surface area contributed by atoms with Crippen molar-refractivity contribution in [2.45, 2.75) is 25.8 Å². The topological polar surface area (TPSA) is 12.0 Å². The molecule has 2 aliphatic rings. The lowest BCUT2D eigenvalue weighted by Crippen LogP contribution is -2.35. The molecule has 2 rings (SSSR count). The van der Waals surface area contributed by atoms with Gasteiger partial charge in [-0.1, -0.05) is 6.92 Å². The van der Waals surface area contributed by atoms with Gasteiger partial charge in [0.15, 0.2) is 0 Å². The van der Waals surface area contributed by atoms with E-state index in [9.17, 15) is 0 Å². The van der Waals surface area contributed by atoms with Gasteiger partial charge in [0.1, 0.15) is 0 Å². The van der Waals surface area contributed by atoms with Crippen LogP contribution in [0.2, 0.25) is 0 Å². The summed E-state index contributed by atoms with van der Waals surface area (Å²) in [6.45, 7) is 3.63. The van der Waals surface area contributed by atoms with E-state index in [0.29, 0.717) is 0 Å². The van der Waals surface area contributed by atoms with E-state index in [-0.39, 0.29) is 0 Å². The lowest BCUT2D eigenvalue weighted by molar-refractivity contribution is 0.235. The first kappa shape index (κ1) is 4.80. The number of fused-ring (bicyclic) bond motifs is 1. The molecule has 1 heteroatoms. The van der Waals surface area contributed by atoms with Crippen LogP contribution >= 0.6 is 0 Å². The molecule has 3 atom stereocenters. The van der Waals surface area contributed by atoms with Crippen LogP contribution in [-0.2, 0) is 0 Å². The van der Waals surface area contributed by atoms with Gasteiger partial charge in [0.25, 0.3) is 0 Å². The fourth-order valence-corrected chi connectivity index (χ4v) is 1.95. The van der Waals surface area contributed by atoms with Crippen LogP contribution in [0, 0.1) is 11.8 Å². The molecule has 1 saturated carbocycles. The molecule has 0 aromatic carbocycles. The fourth-order valence-electron chi connectivity index (χ4n) is 1.95. The summed E-state index contributed by atoms with van der Waals surface area (Å²) in [5.41, 5.74) is 0. The SMILES string of the molecule is C[C@@H]1CNC2CCC21. The highest BCUT2D eigenvalue weighted by Crippen LogP contribution is 2.37. The van der Waals surface area contributed by atoms with Gasteiger partial charge >= 0.3 is 0 Å². The normalized spacial score (nSPS) is 52.9. The van der Waals surface area contributed by atoms with Crippen molar-refractivity contribution in [3.8, 4) is 0 Å². The monoisotopic (exact) mass is 111 g/mol. The first-order valence-electron chi connectivity index (χ1n) is 3.61. The molecule has 0 aromatic rings. The van der Waals surface area contributed by atoms with E-state index in [0.717, 1.165) is 17.9 Å². The average Bonchev–Trinajstić information content (AvgIpc) is 1.80. The van der Waals surface area contributed by atoms with Gasteiger partial charge in [0.2, 0.25) is 0 Å². The molecule has 46 valence electrons. The summed E-state index contributed by atoms with van der Waals surface area (Å²) in [7, 11) is 0. The van der Waals surface area contributed by atoms with Crippen molar-refractivity contribution in [1.29, 1.82) is 0 Å². The second kappa shape index (κ2) is 1.47. The second-order valence-electron chi connectivity index (χ2n) is 3.23. The van der Waals surface area contributed by atoms with Crippen molar-refractivity contribution < 1.29 is 0 Å². The zero-order chi connectivity index (χ0) is 5.56. The highest BCUT2D eigenvalue weighted by Gasteiger charge is 2.39. The van der Waals surface area contributed by atoms with Crippen molar-refractivity contribution in [2.24, 2.45) is 11.8 Å². The Hall–Kier alpha value is -0.0400. The smallest absolute Gasteiger partial charge is 0.00985 e. The first-order chi connectivity index (χ1) is 3.88. The van der Waals surface area contributed by atoms with Gasteiger partial charge in [-0.05, 0) is 31.2 Å². The molecule has 1 aliphatic heterocycles. The fraction of sp³-hybridized carbons (Fsp3) is 1.00. The van der Waals surface area contributed by atoms with E-state index in [2.05, 4.69) is 12.2 Å². The first-order valence-corrected chi connectivity index (χ1v) is 3.61.